The third kappa shape index (κ3) is 8.80. The van der Waals surface area contributed by atoms with Crippen molar-refractivity contribution in [3.8, 4) is 11.1 Å². The van der Waals surface area contributed by atoms with Crippen LogP contribution in [0.3, 0.4) is 0 Å². The van der Waals surface area contributed by atoms with Crippen molar-refractivity contribution < 1.29 is 46.1 Å². The molecule has 40 heavy (non-hydrogen) atoms. The number of benzene rings is 1. The Hall–Kier alpha value is -3.41. The maximum absolute atomic E-state index is 10.6. The van der Waals surface area contributed by atoms with Crippen molar-refractivity contribution in [3.05, 3.63) is 59.4 Å². The summed E-state index contributed by atoms with van der Waals surface area (Å²) in [5, 5.41) is 17.6. The van der Waals surface area contributed by atoms with E-state index in [1.807, 2.05) is 12.4 Å². The molecule has 0 spiro atoms. The molecule has 220 valence electrons. The van der Waals surface area contributed by atoms with E-state index in [2.05, 4.69) is 68.3 Å². The first-order chi connectivity index (χ1) is 18.3. The number of halogens is 6. The highest BCUT2D eigenvalue weighted by atomic mass is 19.4. The van der Waals surface area contributed by atoms with E-state index in [9.17, 15) is 26.3 Å². The van der Waals surface area contributed by atoms with Crippen molar-refractivity contribution in [2.24, 2.45) is 0 Å². The molecule has 0 fully saturated rings. The van der Waals surface area contributed by atoms with Crippen LogP contribution in [0.2, 0.25) is 0 Å². The number of carboxylic acid groups (broad SMARTS) is 2. The highest BCUT2D eigenvalue weighted by Crippen LogP contribution is 2.46. The molecular formula is C28H32F6N2O4. The summed E-state index contributed by atoms with van der Waals surface area (Å²) in [5.74, 6) is -5.51. The topological polar surface area (TPSA) is 99.5 Å². The van der Waals surface area contributed by atoms with Gasteiger partial charge in [-0.1, -0.05) is 52.0 Å². The Morgan fingerprint density at radius 3 is 1.77 bits per heavy atom. The number of carboxylic acids is 2. The van der Waals surface area contributed by atoms with Crippen LogP contribution in [-0.4, -0.2) is 52.6 Å². The third-order valence-electron chi connectivity index (χ3n) is 6.84. The molecule has 1 aromatic carbocycles. The molecule has 0 saturated heterocycles. The molecule has 2 aliphatic rings. The van der Waals surface area contributed by atoms with Crippen molar-refractivity contribution in [2.45, 2.75) is 70.1 Å². The number of fused-ring (bicyclic) bond motifs is 1. The van der Waals surface area contributed by atoms with Crippen LogP contribution in [0.4, 0.5) is 26.3 Å². The predicted octanol–water partition coefficient (Wildman–Crippen LogP) is 6.74. The quantitative estimate of drug-likeness (QED) is 0.344. The fourth-order valence-electron chi connectivity index (χ4n) is 4.43. The maximum atomic E-state index is 10.6. The molecule has 0 bridgehead atoms. The van der Waals surface area contributed by atoms with Crippen molar-refractivity contribution >= 4 is 17.5 Å². The number of carbonyl (C=O) groups is 2. The number of rotatable bonds is 2. The lowest BCUT2D eigenvalue weighted by atomic mass is 9.63. The average molecular weight is 575 g/mol. The summed E-state index contributed by atoms with van der Waals surface area (Å²) in [4.78, 5) is 22.3. The number of hydrogen-bond acceptors (Lipinski definition) is 4. The van der Waals surface area contributed by atoms with Gasteiger partial charge < -0.3 is 15.5 Å². The van der Waals surface area contributed by atoms with Gasteiger partial charge in [0.2, 0.25) is 0 Å². The zero-order valence-electron chi connectivity index (χ0n) is 22.5. The minimum Gasteiger partial charge on any atom is -0.475 e. The second-order valence-corrected chi connectivity index (χ2v) is 10.8. The van der Waals surface area contributed by atoms with Crippen molar-refractivity contribution in [3.63, 3.8) is 0 Å². The Morgan fingerprint density at radius 1 is 0.800 bits per heavy atom. The molecule has 12 heteroatoms. The summed E-state index contributed by atoms with van der Waals surface area (Å²) in [7, 11) is 0. The Balaban J connectivity index is 0.000000333. The molecule has 1 aliphatic carbocycles. The standard InChI is InChI=1S/C24H30N2.2C2HF3O2/c1-23(2)9-10-24(3,4)22-14-18(5-6-21(22)23)20-13-19(15-26-16-20)17-7-11-25-12-8-17;2*3-2(4,5)1(6)7/h5-7,13-16,25H,8-12H2,1-4H3;2*(H,6,7). The van der Waals surface area contributed by atoms with Crippen LogP contribution in [0.15, 0.2) is 42.7 Å². The van der Waals surface area contributed by atoms with Crippen LogP contribution < -0.4 is 5.32 Å². The number of nitrogens with one attached hydrogen (secondary N) is 1. The van der Waals surface area contributed by atoms with E-state index in [1.54, 1.807) is 0 Å². The Labute approximate surface area is 228 Å². The molecule has 1 aromatic heterocycles. The normalized spacial score (nSPS) is 17.6. The van der Waals surface area contributed by atoms with Gasteiger partial charge in [0.25, 0.3) is 0 Å². The zero-order chi connectivity index (χ0) is 30.5. The van der Waals surface area contributed by atoms with E-state index in [1.165, 1.54) is 46.2 Å². The summed E-state index contributed by atoms with van der Waals surface area (Å²) in [6.45, 7) is 11.6. The van der Waals surface area contributed by atoms with Gasteiger partial charge in [-0.15, -0.1) is 0 Å². The first-order valence-electron chi connectivity index (χ1n) is 12.4. The lowest BCUT2D eigenvalue weighted by Gasteiger charge is -2.42. The minimum atomic E-state index is -5.08. The van der Waals surface area contributed by atoms with E-state index in [0.29, 0.717) is 0 Å². The summed E-state index contributed by atoms with van der Waals surface area (Å²) >= 11 is 0. The second-order valence-electron chi connectivity index (χ2n) is 10.8. The van der Waals surface area contributed by atoms with Crippen LogP contribution in [-0.2, 0) is 20.4 Å². The third-order valence-corrected chi connectivity index (χ3v) is 6.84. The molecule has 0 atom stereocenters. The fourth-order valence-corrected chi connectivity index (χ4v) is 4.43. The summed E-state index contributed by atoms with van der Waals surface area (Å²) in [5.41, 5.74) is 8.73. The van der Waals surface area contributed by atoms with Crippen LogP contribution in [0.5, 0.6) is 0 Å². The summed E-state index contributed by atoms with van der Waals surface area (Å²) in [6, 6.07) is 9.39. The summed E-state index contributed by atoms with van der Waals surface area (Å²) in [6.07, 6.45) is -0.278. The highest BCUT2D eigenvalue weighted by Gasteiger charge is 2.39. The molecule has 0 saturated carbocycles. The van der Waals surface area contributed by atoms with Crippen LogP contribution in [0, 0.1) is 0 Å². The zero-order valence-corrected chi connectivity index (χ0v) is 22.5. The van der Waals surface area contributed by atoms with Gasteiger partial charge in [0.05, 0.1) is 0 Å². The summed E-state index contributed by atoms with van der Waals surface area (Å²) < 4.78 is 63.5. The monoisotopic (exact) mass is 574 g/mol. The Bertz CT molecular complexity index is 1230. The van der Waals surface area contributed by atoms with Gasteiger partial charge in [0.1, 0.15) is 0 Å². The lowest BCUT2D eigenvalue weighted by Crippen LogP contribution is -2.33. The number of aliphatic carboxylic acids is 2. The number of alkyl halides is 6. The number of pyridine rings is 1. The van der Waals surface area contributed by atoms with Gasteiger partial charge in [-0.3, -0.25) is 4.98 Å². The maximum Gasteiger partial charge on any atom is 0.490 e. The Morgan fingerprint density at radius 2 is 1.30 bits per heavy atom. The van der Waals surface area contributed by atoms with Gasteiger partial charge >= 0.3 is 24.3 Å². The number of aromatic nitrogens is 1. The Kier molecular flexibility index (Phi) is 10.2. The number of nitrogens with zero attached hydrogens (tertiary/aromatic N) is 1. The van der Waals surface area contributed by atoms with Crippen LogP contribution in [0.25, 0.3) is 16.7 Å². The molecule has 2 aromatic rings. The predicted molar refractivity (Wildman–Crippen MR) is 138 cm³/mol. The molecule has 0 amide bonds. The molecule has 4 rings (SSSR count). The van der Waals surface area contributed by atoms with Crippen molar-refractivity contribution in [1.82, 2.24) is 10.3 Å². The molecule has 0 radical (unpaired) electrons. The average Bonchev–Trinajstić information content (AvgIpc) is 2.87. The van der Waals surface area contributed by atoms with E-state index in [-0.39, 0.29) is 10.8 Å². The van der Waals surface area contributed by atoms with Gasteiger partial charge in [0.15, 0.2) is 0 Å². The van der Waals surface area contributed by atoms with Gasteiger partial charge in [0, 0.05) is 24.5 Å². The molecular weight excluding hydrogens is 542 g/mol. The number of hydrogen-bond donors (Lipinski definition) is 3. The van der Waals surface area contributed by atoms with Crippen molar-refractivity contribution in [1.29, 1.82) is 0 Å². The van der Waals surface area contributed by atoms with Gasteiger partial charge in [-0.25, -0.2) is 9.59 Å². The van der Waals surface area contributed by atoms with E-state index in [4.69, 9.17) is 19.8 Å². The molecule has 2 heterocycles. The van der Waals surface area contributed by atoms with E-state index in [0.717, 1.165) is 19.5 Å². The van der Waals surface area contributed by atoms with Gasteiger partial charge in [-0.2, -0.15) is 26.3 Å². The molecule has 0 unspecified atom stereocenters. The lowest BCUT2D eigenvalue weighted by molar-refractivity contribution is -0.193. The van der Waals surface area contributed by atoms with E-state index >= 15 is 0 Å². The van der Waals surface area contributed by atoms with Gasteiger partial charge in [-0.05, 0) is 70.5 Å². The first kappa shape index (κ1) is 32.8. The largest absolute Gasteiger partial charge is 0.490 e. The highest BCUT2D eigenvalue weighted by molar-refractivity contribution is 5.74. The fraction of sp³-hybridized carbons (Fsp3) is 0.464. The van der Waals surface area contributed by atoms with E-state index < -0.39 is 24.3 Å². The minimum absolute atomic E-state index is 0.240. The molecule has 6 nitrogen and oxygen atoms in total. The second kappa shape index (κ2) is 12.4. The van der Waals surface area contributed by atoms with Crippen LogP contribution >= 0.6 is 0 Å². The van der Waals surface area contributed by atoms with Crippen molar-refractivity contribution in [2.75, 3.05) is 13.1 Å². The molecule has 3 N–H and O–H groups in total. The molecule has 1 aliphatic heterocycles. The first-order valence-corrected chi connectivity index (χ1v) is 12.4. The smallest absolute Gasteiger partial charge is 0.475 e. The SMILES string of the molecule is CC1(C)CCC(C)(C)c2cc(-c3cncc(C4=CCNCC4)c3)ccc21.O=C(O)C(F)(F)F.O=C(O)C(F)(F)F. The van der Waals surface area contributed by atoms with Crippen LogP contribution in [0.1, 0.15) is 63.6 Å².